The van der Waals surface area contributed by atoms with E-state index in [0.717, 1.165) is 12.8 Å². The van der Waals surface area contributed by atoms with Crippen molar-refractivity contribution in [2.24, 2.45) is 0 Å². The molecule has 2 fully saturated rings. The number of nitriles is 1. The molecule has 1 saturated heterocycles. The summed E-state index contributed by atoms with van der Waals surface area (Å²) >= 11 is 6.61. The lowest BCUT2D eigenvalue weighted by Crippen LogP contribution is -2.55. The van der Waals surface area contributed by atoms with Gasteiger partial charge in [-0.15, -0.1) is 0 Å². The van der Waals surface area contributed by atoms with E-state index < -0.39 is 41.7 Å². The Hall–Kier alpha value is -4.10. The van der Waals surface area contributed by atoms with Gasteiger partial charge in [0.2, 0.25) is 11.8 Å². The first-order valence-electron chi connectivity index (χ1n) is 14.3. The van der Waals surface area contributed by atoms with Crippen LogP contribution in [-0.4, -0.2) is 41.3 Å². The van der Waals surface area contributed by atoms with E-state index in [1.54, 1.807) is 42.5 Å². The molecular weight excluding hydrogens is 579 g/mol. The Morgan fingerprint density at radius 1 is 1.07 bits per heavy atom. The highest BCUT2D eigenvalue weighted by Gasteiger charge is 2.42. The van der Waals surface area contributed by atoms with Crippen LogP contribution in [0.25, 0.3) is 0 Å². The van der Waals surface area contributed by atoms with Gasteiger partial charge in [-0.25, -0.2) is 18.2 Å². The third-order valence-corrected chi connectivity index (χ3v) is 8.39. The number of halogens is 4. The quantitative estimate of drug-likeness (QED) is 0.327. The van der Waals surface area contributed by atoms with Gasteiger partial charge in [-0.2, -0.15) is 5.26 Å². The Labute approximate surface area is 253 Å². The van der Waals surface area contributed by atoms with Crippen LogP contribution in [0.5, 0.6) is 0 Å². The Kier molecular flexibility index (Phi) is 9.21. The second-order valence-electron chi connectivity index (χ2n) is 11.0. The molecule has 224 valence electrons. The first kappa shape index (κ1) is 30.4. The number of nitrogens with zero attached hydrogens (tertiary/aromatic N) is 4. The van der Waals surface area contributed by atoms with Crippen LogP contribution in [0.4, 0.5) is 24.7 Å². The lowest BCUT2D eigenvalue weighted by Gasteiger charge is -2.41. The fourth-order valence-corrected chi connectivity index (χ4v) is 6.10. The van der Waals surface area contributed by atoms with Gasteiger partial charge in [0.25, 0.3) is 5.91 Å². The minimum absolute atomic E-state index is 0.0825. The van der Waals surface area contributed by atoms with Crippen molar-refractivity contribution in [3.63, 3.8) is 0 Å². The molecular formula is C32H31ClF3N5O2. The number of hydrogen-bond donors (Lipinski definition) is 1. The first-order chi connectivity index (χ1) is 20.7. The number of benzene rings is 2. The highest BCUT2D eigenvalue weighted by atomic mass is 35.5. The van der Waals surface area contributed by atoms with Gasteiger partial charge < -0.3 is 10.2 Å². The molecule has 5 rings (SSSR count). The van der Waals surface area contributed by atoms with Gasteiger partial charge in [0, 0.05) is 47.9 Å². The number of carbonyl (C=O) groups excluding carboxylic acids is 2. The zero-order valence-corrected chi connectivity index (χ0v) is 24.1. The van der Waals surface area contributed by atoms with Crippen LogP contribution in [0, 0.1) is 17.1 Å². The van der Waals surface area contributed by atoms with Crippen molar-refractivity contribution < 1.29 is 22.8 Å². The van der Waals surface area contributed by atoms with Crippen LogP contribution in [0.2, 0.25) is 5.02 Å². The van der Waals surface area contributed by atoms with Gasteiger partial charge in [0.15, 0.2) is 0 Å². The maximum absolute atomic E-state index is 14.7. The molecule has 2 amide bonds. The summed E-state index contributed by atoms with van der Waals surface area (Å²) in [6.45, 7) is 0.481. The number of alkyl halides is 2. The number of nitrogens with one attached hydrogen (secondary N) is 1. The predicted molar refractivity (Wildman–Crippen MR) is 157 cm³/mol. The molecule has 0 bridgehead atoms. The predicted octanol–water partition coefficient (Wildman–Crippen LogP) is 6.57. The lowest BCUT2D eigenvalue weighted by atomic mass is 9.91. The lowest BCUT2D eigenvalue weighted by molar-refractivity contribution is -0.128. The molecule has 1 N–H and O–H groups in total. The maximum atomic E-state index is 14.7. The summed E-state index contributed by atoms with van der Waals surface area (Å²) < 4.78 is 42.4. The Morgan fingerprint density at radius 3 is 2.56 bits per heavy atom. The fourth-order valence-electron chi connectivity index (χ4n) is 5.86. The highest BCUT2D eigenvalue weighted by Crippen LogP contribution is 2.37. The second-order valence-corrected chi connectivity index (χ2v) is 11.4. The van der Waals surface area contributed by atoms with Gasteiger partial charge in [-0.05, 0) is 68.5 Å². The third kappa shape index (κ3) is 6.94. The zero-order valence-electron chi connectivity index (χ0n) is 23.4. The molecule has 3 aromatic rings. The number of pyridine rings is 1. The Bertz CT molecular complexity index is 1520. The van der Waals surface area contributed by atoms with E-state index in [0.29, 0.717) is 29.9 Å². The molecule has 1 aliphatic heterocycles. The van der Waals surface area contributed by atoms with Gasteiger partial charge in [0.05, 0.1) is 11.6 Å². The minimum Gasteiger partial charge on any atom is -0.351 e. The van der Waals surface area contributed by atoms with Crippen molar-refractivity contribution in [3.05, 3.63) is 88.8 Å². The summed E-state index contributed by atoms with van der Waals surface area (Å²) in [5.74, 6) is -4.03. The molecule has 1 aliphatic carbocycles. The summed E-state index contributed by atoms with van der Waals surface area (Å²) in [6.07, 6.45) is 2.89. The Morgan fingerprint density at radius 2 is 1.84 bits per heavy atom. The van der Waals surface area contributed by atoms with Crippen molar-refractivity contribution in [2.45, 2.75) is 69.0 Å². The molecule has 1 saturated carbocycles. The van der Waals surface area contributed by atoms with Crippen molar-refractivity contribution in [1.82, 2.24) is 10.3 Å². The van der Waals surface area contributed by atoms with E-state index in [-0.39, 0.29) is 36.4 Å². The minimum atomic E-state index is -2.78. The highest BCUT2D eigenvalue weighted by molar-refractivity contribution is 6.31. The average molecular weight is 610 g/mol. The molecule has 11 heteroatoms. The topological polar surface area (TPSA) is 89.3 Å². The van der Waals surface area contributed by atoms with Gasteiger partial charge >= 0.3 is 0 Å². The average Bonchev–Trinajstić information content (AvgIpc) is 3.01. The van der Waals surface area contributed by atoms with Crippen molar-refractivity contribution in [3.8, 4) is 6.07 Å². The molecule has 2 aromatic carbocycles. The largest absolute Gasteiger partial charge is 0.351 e. The standard InChI is InChI=1S/C32H31ClF3N5O2/c33-26-9-2-1-8-25(26)29(30(42)39-23-11-14-32(35,36)15-12-23)41(24-7-5-6-22(34)19-24)31(43)27-10-3-4-17-40(27)28-18-21(20-37)13-16-38-28/h1-2,5-9,13,16,18-19,23,27,29H,3-4,10-12,14-15,17H2,(H,39,42)/t27-,29-/m0/s1. The van der Waals surface area contributed by atoms with E-state index in [9.17, 15) is 28.0 Å². The van der Waals surface area contributed by atoms with Gasteiger partial charge in [-0.3, -0.25) is 14.5 Å². The number of carbonyl (C=O) groups is 2. The maximum Gasteiger partial charge on any atom is 0.250 e. The third-order valence-electron chi connectivity index (χ3n) is 8.05. The number of hydrogen-bond acceptors (Lipinski definition) is 5. The SMILES string of the molecule is N#Cc1ccnc(N2CCCC[C@H]2C(=O)N(c2cccc(F)c2)[C@H](C(=O)NC2CCC(F)(F)CC2)c2ccccc2Cl)c1. The molecule has 0 radical (unpaired) electrons. The number of piperidine rings is 1. The van der Waals surface area contributed by atoms with E-state index in [1.165, 1.54) is 29.3 Å². The molecule has 2 atom stereocenters. The van der Waals surface area contributed by atoms with E-state index in [4.69, 9.17) is 11.6 Å². The second kappa shape index (κ2) is 13.0. The summed E-state index contributed by atoms with van der Waals surface area (Å²) in [5, 5.41) is 12.5. The van der Waals surface area contributed by atoms with E-state index >= 15 is 0 Å². The van der Waals surface area contributed by atoms with Gasteiger partial charge in [0.1, 0.15) is 23.7 Å². The summed E-state index contributed by atoms with van der Waals surface area (Å²) in [7, 11) is 0. The van der Waals surface area contributed by atoms with Crippen LogP contribution in [0.15, 0.2) is 66.9 Å². The monoisotopic (exact) mass is 609 g/mol. The normalized spacial score (nSPS) is 19.2. The smallest absolute Gasteiger partial charge is 0.250 e. The fraction of sp³-hybridized carbons (Fsp3) is 0.375. The summed E-state index contributed by atoms with van der Waals surface area (Å²) in [5.41, 5.74) is 0.840. The van der Waals surface area contributed by atoms with Crippen LogP contribution >= 0.6 is 11.6 Å². The number of rotatable bonds is 7. The molecule has 0 spiro atoms. The summed E-state index contributed by atoms with van der Waals surface area (Å²) in [4.78, 5) is 36.3. The van der Waals surface area contributed by atoms with E-state index in [2.05, 4.69) is 16.4 Å². The van der Waals surface area contributed by atoms with Crippen LogP contribution in [-0.2, 0) is 9.59 Å². The molecule has 7 nitrogen and oxygen atoms in total. The number of anilines is 2. The zero-order chi connectivity index (χ0) is 30.6. The molecule has 2 aliphatic rings. The summed E-state index contributed by atoms with van der Waals surface area (Å²) in [6, 6.07) is 14.6. The first-order valence-corrected chi connectivity index (χ1v) is 14.7. The molecule has 0 unspecified atom stereocenters. The van der Waals surface area contributed by atoms with Crippen LogP contribution in [0.3, 0.4) is 0 Å². The molecule has 1 aromatic heterocycles. The number of aromatic nitrogens is 1. The van der Waals surface area contributed by atoms with E-state index in [1.807, 2.05) is 4.90 Å². The van der Waals surface area contributed by atoms with Crippen molar-refractivity contribution >= 4 is 34.9 Å². The Balaban J connectivity index is 1.58. The van der Waals surface area contributed by atoms with Crippen LogP contribution < -0.4 is 15.1 Å². The van der Waals surface area contributed by atoms with Crippen molar-refractivity contribution in [1.29, 1.82) is 5.26 Å². The van der Waals surface area contributed by atoms with Crippen molar-refractivity contribution in [2.75, 3.05) is 16.3 Å². The van der Waals surface area contributed by atoms with Crippen LogP contribution in [0.1, 0.15) is 62.1 Å². The molecule has 2 heterocycles. The molecule has 43 heavy (non-hydrogen) atoms. The van der Waals surface area contributed by atoms with Gasteiger partial charge in [-0.1, -0.05) is 35.9 Å². The number of amides is 2.